The third-order valence-electron chi connectivity index (χ3n) is 5.20. The van der Waals surface area contributed by atoms with Crippen LogP contribution in [0.25, 0.3) is 0 Å². The van der Waals surface area contributed by atoms with Crippen molar-refractivity contribution in [2.45, 2.75) is 111 Å². The molecule has 0 unspecified atom stereocenters. The molecule has 2 nitrogen and oxygen atoms in total. The molecule has 0 N–H and O–H groups in total. The van der Waals surface area contributed by atoms with Crippen LogP contribution in [0.4, 0.5) is 0 Å². The van der Waals surface area contributed by atoms with Crippen LogP contribution < -0.4 is 0 Å². The Labute approximate surface area is 168 Å². The molecule has 0 aliphatic rings. The van der Waals surface area contributed by atoms with Crippen molar-refractivity contribution in [2.24, 2.45) is 5.41 Å². The molecule has 0 radical (unpaired) electrons. The summed E-state index contributed by atoms with van der Waals surface area (Å²) in [6.07, 6.45) is 12.1. The van der Waals surface area contributed by atoms with Gasteiger partial charge in [0.2, 0.25) is 0 Å². The molecule has 0 aliphatic carbocycles. The number of carbonyl (C=O) groups excluding carboxylic acids is 1. The van der Waals surface area contributed by atoms with Crippen molar-refractivity contribution in [3.05, 3.63) is 34.9 Å². The van der Waals surface area contributed by atoms with Gasteiger partial charge in [0, 0.05) is 0 Å². The van der Waals surface area contributed by atoms with Crippen molar-refractivity contribution in [1.29, 1.82) is 0 Å². The van der Waals surface area contributed by atoms with Gasteiger partial charge in [-0.1, -0.05) is 63.8 Å². The minimum Gasteiger partial charge on any atom is -0.462 e. The number of ether oxygens (including phenoxy) is 1. The molecule has 0 amide bonds. The number of hydrogen-bond acceptors (Lipinski definition) is 2. The fourth-order valence-electron chi connectivity index (χ4n) is 3.64. The van der Waals surface area contributed by atoms with Crippen LogP contribution in [0.3, 0.4) is 0 Å². The molecule has 0 aromatic heterocycles. The highest BCUT2D eigenvalue weighted by Gasteiger charge is 2.17. The average Bonchev–Trinajstić information content (AvgIpc) is 2.53. The maximum Gasteiger partial charge on any atom is 0.293 e. The first-order valence-electron chi connectivity index (χ1n) is 10.8. The Balaban J connectivity index is 2.33. The zero-order valence-corrected chi connectivity index (χ0v) is 18.7. The summed E-state index contributed by atoms with van der Waals surface area (Å²) in [4.78, 5) is 10.5. The Morgan fingerprint density at radius 1 is 0.778 bits per heavy atom. The maximum atomic E-state index is 10.5. The highest BCUT2D eigenvalue weighted by Crippen LogP contribution is 2.23. The van der Waals surface area contributed by atoms with Gasteiger partial charge in [0.25, 0.3) is 6.47 Å². The normalized spacial score (nSPS) is 12.2. The van der Waals surface area contributed by atoms with Crippen LogP contribution in [0.15, 0.2) is 18.2 Å². The molecular weight excluding hydrogens is 332 g/mol. The summed E-state index contributed by atoms with van der Waals surface area (Å²) in [5.41, 5.74) is 4.45. The van der Waals surface area contributed by atoms with Gasteiger partial charge in [-0.15, -0.1) is 0 Å². The molecular formula is C25H42O2. The minimum atomic E-state index is -0.341. The summed E-state index contributed by atoms with van der Waals surface area (Å²) in [5.74, 6) is 0. The van der Waals surface area contributed by atoms with Gasteiger partial charge < -0.3 is 4.74 Å². The van der Waals surface area contributed by atoms with Crippen LogP contribution in [-0.4, -0.2) is 12.1 Å². The fourth-order valence-corrected chi connectivity index (χ4v) is 3.64. The van der Waals surface area contributed by atoms with Crippen LogP contribution in [-0.2, 0) is 22.4 Å². The van der Waals surface area contributed by atoms with Crippen molar-refractivity contribution in [1.82, 2.24) is 0 Å². The van der Waals surface area contributed by atoms with E-state index in [-0.39, 0.29) is 5.60 Å². The Hall–Kier alpha value is -1.31. The number of rotatable bonds is 13. The molecule has 0 bridgehead atoms. The van der Waals surface area contributed by atoms with Gasteiger partial charge in [0.05, 0.1) is 0 Å². The topological polar surface area (TPSA) is 26.3 Å². The van der Waals surface area contributed by atoms with Gasteiger partial charge in [-0.2, -0.15) is 0 Å². The summed E-state index contributed by atoms with van der Waals surface area (Å²) in [6, 6.07) is 7.06. The summed E-state index contributed by atoms with van der Waals surface area (Å²) in [5, 5.41) is 0. The van der Waals surface area contributed by atoms with Gasteiger partial charge in [0.15, 0.2) is 0 Å². The molecule has 0 spiro atoms. The van der Waals surface area contributed by atoms with Crippen LogP contribution in [0.1, 0.15) is 103 Å². The fraction of sp³-hybridized carbons (Fsp3) is 0.720. The van der Waals surface area contributed by atoms with Crippen LogP contribution in [0.5, 0.6) is 0 Å². The molecule has 0 saturated heterocycles. The minimum absolute atomic E-state index is 0.341. The van der Waals surface area contributed by atoms with Gasteiger partial charge in [-0.3, -0.25) is 4.79 Å². The highest BCUT2D eigenvalue weighted by molar-refractivity contribution is 5.38. The zero-order valence-electron chi connectivity index (χ0n) is 18.7. The number of benzene rings is 1. The van der Waals surface area contributed by atoms with Crippen molar-refractivity contribution >= 4 is 6.47 Å². The lowest BCUT2D eigenvalue weighted by Crippen LogP contribution is -2.23. The van der Waals surface area contributed by atoms with Crippen molar-refractivity contribution in [2.75, 3.05) is 0 Å². The van der Waals surface area contributed by atoms with E-state index in [9.17, 15) is 4.79 Å². The second-order valence-corrected chi connectivity index (χ2v) is 9.98. The van der Waals surface area contributed by atoms with E-state index in [1.807, 2.05) is 13.8 Å². The second kappa shape index (κ2) is 11.5. The Morgan fingerprint density at radius 2 is 1.30 bits per heavy atom. The summed E-state index contributed by atoms with van der Waals surface area (Å²) in [6.45, 7) is 13.7. The zero-order chi connectivity index (χ0) is 20.3. The lowest BCUT2D eigenvalue weighted by atomic mass is 9.89. The SMILES string of the molecule is Cc1cc(CCCCCCC(C)(C)C)cc(CCCCC(C)(C)OC=O)c1. The molecule has 2 heteroatoms. The van der Waals surface area contributed by atoms with E-state index in [0.29, 0.717) is 11.9 Å². The quantitative estimate of drug-likeness (QED) is 0.269. The average molecular weight is 375 g/mol. The predicted molar refractivity (Wildman–Crippen MR) is 116 cm³/mol. The van der Waals surface area contributed by atoms with Crippen LogP contribution in [0.2, 0.25) is 0 Å². The van der Waals surface area contributed by atoms with Crippen molar-refractivity contribution in [3.8, 4) is 0 Å². The first kappa shape index (κ1) is 23.7. The van der Waals surface area contributed by atoms with Gasteiger partial charge >= 0.3 is 0 Å². The van der Waals surface area contributed by atoms with E-state index in [2.05, 4.69) is 45.9 Å². The first-order valence-corrected chi connectivity index (χ1v) is 10.8. The molecule has 1 aromatic rings. The van der Waals surface area contributed by atoms with E-state index in [1.54, 1.807) is 0 Å². The molecule has 154 valence electrons. The molecule has 1 rings (SSSR count). The van der Waals surface area contributed by atoms with Gasteiger partial charge in [-0.25, -0.2) is 0 Å². The molecule has 0 aliphatic heterocycles. The smallest absolute Gasteiger partial charge is 0.293 e. The van der Waals surface area contributed by atoms with E-state index in [0.717, 1.165) is 25.7 Å². The lowest BCUT2D eigenvalue weighted by Gasteiger charge is -2.22. The van der Waals surface area contributed by atoms with E-state index < -0.39 is 0 Å². The molecule has 0 heterocycles. The van der Waals surface area contributed by atoms with Crippen LogP contribution in [0, 0.1) is 12.3 Å². The number of unbranched alkanes of at least 4 members (excludes halogenated alkanes) is 4. The van der Waals surface area contributed by atoms with E-state index in [1.165, 1.54) is 55.2 Å². The Kier molecular flexibility index (Phi) is 10.1. The summed E-state index contributed by atoms with van der Waals surface area (Å²) >= 11 is 0. The van der Waals surface area contributed by atoms with Crippen molar-refractivity contribution in [3.63, 3.8) is 0 Å². The number of carbonyl (C=O) groups is 1. The third-order valence-corrected chi connectivity index (χ3v) is 5.20. The largest absolute Gasteiger partial charge is 0.462 e. The molecule has 0 atom stereocenters. The molecule has 27 heavy (non-hydrogen) atoms. The van der Waals surface area contributed by atoms with E-state index in [4.69, 9.17) is 4.74 Å². The van der Waals surface area contributed by atoms with E-state index >= 15 is 0 Å². The monoisotopic (exact) mass is 374 g/mol. The van der Waals surface area contributed by atoms with Crippen LogP contribution >= 0.6 is 0 Å². The third kappa shape index (κ3) is 11.9. The molecule has 0 fully saturated rings. The highest BCUT2D eigenvalue weighted by atomic mass is 16.5. The lowest BCUT2D eigenvalue weighted by molar-refractivity contribution is -0.140. The Bertz CT molecular complexity index is 552. The first-order chi connectivity index (χ1) is 12.6. The molecule has 0 saturated carbocycles. The predicted octanol–water partition coefficient (Wildman–Crippen LogP) is 7.20. The second-order valence-electron chi connectivity index (χ2n) is 9.98. The summed E-state index contributed by atoms with van der Waals surface area (Å²) in [7, 11) is 0. The van der Waals surface area contributed by atoms with Crippen molar-refractivity contribution < 1.29 is 9.53 Å². The Morgan fingerprint density at radius 3 is 1.85 bits per heavy atom. The van der Waals surface area contributed by atoms with Gasteiger partial charge in [-0.05, 0) is 82.3 Å². The molecule has 1 aromatic carbocycles. The number of hydrogen-bond donors (Lipinski definition) is 0. The summed E-state index contributed by atoms with van der Waals surface area (Å²) < 4.78 is 5.13. The van der Waals surface area contributed by atoms with Gasteiger partial charge in [0.1, 0.15) is 5.60 Å². The maximum absolute atomic E-state index is 10.5. The standard InChI is InChI=1S/C25H42O2/c1-21-17-22(13-9-7-8-11-15-24(2,3)4)19-23(18-21)14-10-12-16-25(5,6)27-20-26/h17-20H,7-16H2,1-6H3. The number of aryl methyl sites for hydroxylation is 3.